The van der Waals surface area contributed by atoms with Gasteiger partial charge in [0.1, 0.15) is 0 Å². The van der Waals surface area contributed by atoms with E-state index < -0.39 is 0 Å². The van der Waals surface area contributed by atoms with Gasteiger partial charge in [0.2, 0.25) is 0 Å². The van der Waals surface area contributed by atoms with Gasteiger partial charge in [0.05, 0.1) is 0 Å². The Morgan fingerprint density at radius 3 is 1.20 bits per heavy atom. The van der Waals surface area contributed by atoms with Crippen molar-refractivity contribution in [3.8, 4) is 0 Å². The van der Waals surface area contributed by atoms with Crippen LogP contribution in [0.4, 0.5) is 11.4 Å². The molecule has 7 heteroatoms. The van der Waals surface area contributed by atoms with E-state index in [1.54, 1.807) is 0 Å². The standard InChI is InChI=1S/2C10H14N.2C4H8O.2ClH.Ti/c2*1-2-3-9-11-10-7-5-4-6-8-10;2*1-2-4-5-3-1;;;/h2*4-8H,2-3,9H2,1H3;2*1-4H2;2*1H;/q2*-1;;;;;+4/p-2. The average molecular weight is 559 g/mol. The molecule has 2 aromatic rings. The van der Waals surface area contributed by atoms with Gasteiger partial charge in [-0.25, -0.2) is 0 Å². The van der Waals surface area contributed by atoms with E-state index in [0.717, 1.165) is 39.5 Å². The Kier molecular flexibility index (Phi) is 23.1. The number of hydrogen-bond acceptors (Lipinski definition) is 4. The number of nitrogens with zero attached hydrogens (tertiary/aromatic N) is 2. The second-order valence-electron chi connectivity index (χ2n) is 8.42. The van der Waals surface area contributed by atoms with E-state index >= 15 is 0 Å². The van der Waals surface area contributed by atoms with E-state index in [4.69, 9.17) is 9.47 Å². The summed E-state index contributed by atoms with van der Waals surface area (Å²) in [5.41, 5.74) is 2.75. The molecule has 35 heavy (non-hydrogen) atoms. The molecular weight excluding hydrogens is 515 g/mol. The van der Waals surface area contributed by atoms with E-state index in [0.29, 0.717) is 0 Å². The molecule has 0 amide bonds. The molecule has 2 heterocycles. The van der Waals surface area contributed by atoms with Crippen LogP contribution in [0.3, 0.4) is 0 Å². The van der Waals surface area contributed by atoms with Crippen LogP contribution in [-0.2, 0) is 29.1 Å². The van der Waals surface area contributed by atoms with Crippen molar-refractivity contribution in [2.24, 2.45) is 0 Å². The fourth-order valence-electron chi connectivity index (χ4n) is 3.49. The topological polar surface area (TPSA) is 24.9 Å². The minimum atomic E-state index is -0.383. The van der Waals surface area contributed by atoms with Crippen molar-refractivity contribution in [2.75, 3.05) is 46.3 Å². The quantitative estimate of drug-likeness (QED) is 0.408. The molecular formula is C28H44Cl2N2O2Ti. The van der Waals surface area contributed by atoms with Gasteiger partial charge in [0.25, 0.3) is 0 Å². The number of hydrogen-bond donors (Lipinski definition) is 0. The first kappa shape index (κ1) is 34.3. The van der Waals surface area contributed by atoms with Gasteiger partial charge in [0, 0.05) is 26.4 Å². The molecule has 2 fully saturated rings. The fourth-order valence-corrected chi connectivity index (χ4v) is 5.58. The fraction of sp³-hybridized carbons (Fsp3) is 0.571. The zero-order chi connectivity index (χ0) is 23.4. The molecule has 0 saturated carbocycles. The summed E-state index contributed by atoms with van der Waals surface area (Å²) in [6.45, 7) is 10.9. The Morgan fingerprint density at radius 1 is 0.600 bits per heavy atom. The molecule has 2 saturated heterocycles. The van der Waals surface area contributed by atoms with E-state index in [9.17, 15) is 0 Å². The normalized spacial score (nSPS) is 13.5. The van der Waals surface area contributed by atoms with Gasteiger partial charge in [-0.2, -0.15) is 0 Å². The van der Waals surface area contributed by atoms with Crippen molar-refractivity contribution in [3.05, 3.63) is 60.7 Å². The van der Waals surface area contributed by atoms with Crippen molar-refractivity contribution >= 4 is 11.4 Å². The predicted octanol–water partition coefficient (Wildman–Crippen LogP) is 1.11. The van der Waals surface area contributed by atoms with Crippen LogP contribution in [0, 0.1) is 0 Å². The summed E-state index contributed by atoms with van der Waals surface area (Å²) in [4.78, 5) is 0. The Hall–Kier alpha value is -0.746. The van der Waals surface area contributed by atoms with Crippen molar-refractivity contribution in [3.63, 3.8) is 0 Å². The third-order valence-corrected chi connectivity index (χ3v) is 7.76. The molecule has 4 nitrogen and oxygen atoms in total. The maximum atomic E-state index is 4.94. The van der Waals surface area contributed by atoms with Gasteiger partial charge in [-0.1, -0.05) is 0 Å². The van der Waals surface area contributed by atoms with E-state index in [2.05, 4.69) is 81.3 Å². The van der Waals surface area contributed by atoms with Crippen molar-refractivity contribution < 1.29 is 54.0 Å². The van der Waals surface area contributed by atoms with Gasteiger partial charge in [-0.15, -0.1) is 0 Å². The van der Waals surface area contributed by atoms with E-state index in [1.807, 2.05) is 0 Å². The first-order valence-electron chi connectivity index (χ1n) is 12.9. The van der Waals surface area contributed by atoms with Gasteiger partial charge in [-0.05, 0) is 25.7 Å². The maximum Gasteiger partial charge on any atom is -1.00 e. The number of benzene rings is 2. The van der Waals surface area contributed by atoms with Crippen molar-refractivity contribution in [1.29, 1.82) is 0 Å². The van der Waals surface area contributed by atoms with Crippen LogP contribution in [0.1, 0.15) is 65.2 Å². The van der Waals surface area contributed by atoms with Crippen LogP contribution >= 0.6 is 0 Å². The summed E-state index contributed by atoms with van der Waals surface area (Å²) in [5.74, 6) is 0. The molecule has 2 aromatic carbocycles. The smallest absolute Gasteiger partial charge is 1.00 e. The second-order valence-corrected chi connectivity index (χ2v) is 10.4. The monoisotopic (exact) mass is 558 g/mol. The molecule has 4 rings (SSSR count). The minimum absolute atomic E-state index is 0. The van der Waals surface area contributed by atoms with Gasteiger partial charge >= 0.3 is 151 Å². The van der Waals surface area contributed by atoms with Crippen molar-refractivity contribution in [1.82, 2.24) is 0 Å². The molecule has 0 aliphatic carbocycles. The first-order valence-corrected chi connectivity index (χ1v) is 14.3. The largest absolute Gasteiger partial charge is 1.00 e. The summed E-state index contributed by atoms with van der Waals surface area (Å²) in [5, 5.41) is 0. The predicted molar refractivity (Wildman–Crippen MR) is 137 cm³/mol. The van der Waals surface area contributed by atoms with Crippen LogP contribution < -0.4 is 31.6 Å². The third-order valence-electron chi connectivity index (χ3n) is 5.50. The number of rotatable bonds is 10. The van der Waals surface area contributed by atoms with Crippen molar-refractivity contribution in [2.45, 2.75) is 65.2 Å². The van der Waals surface area contributed by atoms with Crippen LogP contribution in [0.2, 0.25) is 0 Å². The van der Waals surface area contributed by atoms with E-state index in [-0.39, 0.29) is 44.5 Å². The second kappa shape index (κ2) is 23.6. The third kappa shape index (κ3) is 15.9. The molecule has 0 aromatic heterocycles. The molecule has 0 spiro atoms. The summed E-state index contributed by atoms with van der Waals surface area (Å²) in [6.07, 6.45) is 10.1. The van der Waals surface area contributed by atoms with Crippen LogP contribution in [0.15, 0.2) is 60.7 Å². The maximum absolute atomic E-state index is 4.94. The number of halogens is 2. The SMILES string of the molecule is C1CCOC1.C1CCOC1.CCCC[N]([Ti+2][N](CCCC)c1ccccc1)c1ccccc1.[Cl-].[Cl-]. The van der Waals surface area contributed by atoms with Crippen LogP contribution in [0.5, 0.6) is 0 Å². The zero-order valence-electron chi connectivity index (χ0n) is 21.6. The minimum Gasteiger partial charge on any atom is -1.00 e. The molecule has 2 aliphatic rings. The first-order chi connectivity index (χ1) is 16.3. The van der Waals surface area contributed by atoms with Gasteiger partial charge in [0.15, 0.2) is 0 Å². The molecule has 196 valence electrons. The Labute approximate surface area is 236 Å². The number of unbranched alkanes of at least 4 members (excludes halogenated alkanes) is 2. The number of anilines is 2. The summed E-state index contributed by atoms with van der Waals surface area (Å²) < 4.78 is 15.2. The number of ether oxygens (including phenoxy) is 2. The van der Waals surface area contributed by atoms with Gasteiger partial charge in [-0.3, -0.25) is 0 Å². The molecule has 0 radical (unpaired) electrons. The van der Waals surface area contributed by atoms with Crippen LogP contribution in [0.25, 0.3) is 0 Å². The summed E-state index contributed by atoms with van der Waals surface area (Å²) in [6, 6.07) is 21.8. The summed E-state index contributed by atoms with van der Waals surface area (Å²) in [7, 11) is 0. The molecule has 0 atom stereocenters. The summed E-state index contributed by atoms with van der Waals surface area (Å²) >= 11 is -0.383. The zero-order valence-corrected chi connectivity index (χ0v) is 24.7. The van der Waals surface area contributed by atoms with Gasteiger partial charge < -0.3 is 34.3 Å². The Bertz CT molecular complexity index is 615. The average Bonchev–Trinajstić information content (AvgIpc) is 3.64. The Balaban J connectivity index is 0.000000793. The molecule has 0 N–H and O–H groups in total. The molecule has 2 aliphatic heterocycles. The number of para-hydroxylation sites is 2. The molecule has 0 unspecified atom stereocenters. The van der Waals surface area contributed by atoms with Crippen LogP contribution in [-0.4, -0.2) is 39.5 Å². The Morgan fingerprint density at radius 2 is 0.943 bits per heavy atom. The molecule has 0 bridgehead atoms. The van der Waals surface area contributed by atoms with E-state index in [1.165, 1.54) is 62.7 Å².